The third kappa shape index (κ3) is 3.42. The number of thiophene rings is 1. The molecular weight excluding hydrogens is 414 g/mol. The molecule has 2 aliphatic rings. The Kier molecular flexibility index (Phi) is 5.71. The quantitative estimate of drug-likeness (QED) is 0.537. The summed E-state index contributed by atoms with van der Waals surface area (Å²) in [5, 5.41) is 11.1. The summed E-state index contributed by atoms with van der Waals surface area (Å²) in [5.74, 6) is 1.63. The molecule has 30 heavy (non-hydrogen) atoms. The van der Waals surface area contributed by atoms with Gasteiger partial charge in [-0.05, 0) is 56.9 Å². The zero-order valence-corrected chi connectivity index (χ0v) is 19.4. The van der Waals surface area contributed by atoms with Gasteiger partial charge in [-0.15, -0.1) is 21.5 Å². The van der Waals surface area contributed by atoms with Gasteiger partial charge in [0, 0.05) is 23.9 Å². The summed E-state index contributed by atoms with van der Waals surface area (Å²) >= 11 is 3.34. The van der Waals surface area contributed by atoms with Crippen LogP contribution in [-0.4, -0.2) is 48.7 Å². The number of rotatable bonds is 5. The van der Waals surface area contributed by atoms with Gasteiger partial charge in [0.05, 0.1) is 11.1 Å². The number of thioether (sulfide) groups is 1. The second kappa shape index (κ2) is 8.46. The Bertz CT molecular complexity index is 1090. The van der Waals surface area contributed by atoms with Crippen molar-refractivity contribution in [3.05, 3.63) is 16.3 Å². The fourth-order valence-electron chi connectivity index (χ4n) is 4.99. The first kappa shape index (κ1) is 20.2. The molecule has 0 bridgehead atoms. The van der Waals surface area contributed by atoms with Gasteiger partial charge >= 0.3 is 0 Å². The van der Waals surface area contributed by atoms with Crippen molar-refractivity contribution in [2.45, 2.75) is 82.8 Å². The van der Waals surface area contributed by atoms with Crippen LogP contribution in [0, 0.1) is 0 Å². The summed E-state index contributed by atoms with van der Waals surface area (Å²) in [7, 11) is 0. The molecule has 1 saturated heterocycles. The van der Waals surface area contributed by atoms with E-state index in [4.69, 9.17) is 4.98 Å². The molecule has 1 fully saturated rings. The Morgan fingerprint density at radius 2 is 2.03 bits per heavy atom. The molecule has 1 aliphatic heterocycles. The molecule has 0 spiro atoms. The topological polar surface area (TPSA) is 63.4 Å². The third-order valence-electron chi connectivity index (χ3n) is 6.56. The normalized spacial score (nSPS) is 19.5. The van der Waals surface area contributed by atoms with Crippen molar-refractivity contribution in [3.8, 4) is 0 Å². The van der Waals surface area contributed by atoms with E-state index in [1.54, 1.807) is 0 Å². The molecule has 0 N–H and O–H groups in total. The van der Waals surface area contributed by atoms with Gasteiger partial charge in [-0.3, -0.25) is 9.20 Å². The highest BCUT2D eigenvalue weighted by Gasteiger charge is 2.27. The number of fused-ring (bicyclic) bond motifs is 5. The number of hydrogen-bond acceptors (Lipinski definition) is 6. The molecule has 160 valence electrons. The van der Waals surface area contributed by atoms with E-state index < -0.39 is 0 Å². The number of carbonyl (C=O) groups is 1. The van der Waals surface area contributed by atoms with E-state index in [2.05, 4.69) is 33.3 Å². The Morgan fingerprint density at radius 3 is 2.87 bits per heavy atom. The molecule has 0 radical (unpaired) electrons. The van der Waals surface area contributed by atoms with Gasteiger partial charge < -0.3 is 4.90 Å². The van der Waals surface area contributed by atoms with Crippen LogP contribution >= 0.6 is 23.1 Å². The summed E-state index contributed by atoms with van der Waals surface area (Å²) in [4.78, 5) is 22.6. The molecule has 4 heterocycles. The fraction of sp³-hybridized carbons (Fsp3) is 0.636. The summed E-state index contributed by atoms with van der Waals surface area (Å²) in [5.41, 5.74) is 2.36. The van der Waals surface area contributed by atoms with Crippen molar-refractivity contribution in [3.63, 3.8) is 0 Å². The van der Waals surface area contributed by atoms with E-state index in [1.807, 2.05) is 11.3 Å². The molecular formula is C22H29N5OS2. The van der Waals surface area contributed by atoms with Crippen molar-refractivity contribution in [1.82, 2.24) is 24.5 Å². The van der Waals surface area contributed by atoms with Crippen LogP contribution in [0.4, 0.5) is 0 Å². The highest BCUT2D eigenvalue weighted by molar-refractivity contribution is 7.99. The zero-order valence-electron chi connectivity index (χ0n) is 17.8. The average molecular weight is 444 g/mol. The number of likely N-dealkylation sites (tertiary alicyclic amines) is 1. The Balaban J connectivity index is 1.47. The van der Waals surface area contributed by atoms with Gasteiger partial charge in [0.1, 0.15) is 10.7 Å². The summed E-state index contributed by atoms with van der Waals surface area (Å²) < 4.78 is 2.11. The first-order chi connectivity index (χ1) is 14.7. The maximum Gasteiger partial charge on any atom is 0.233 e. The number of hydrogen-bond donors (Lipinski definition) is 0. The monoisotopic (exact) mass is 443 g/mol. The van der Waals surface area contributed by atoms with Crippen LogP contribution in [0.15, 0.2) is 5.16 Å². The number of piperidine rings is 1. The molecule has 5 rings (SSSR count). The van der Waals surface area contributed by atoms with Crippen LogP contribution in [0.1, 0.15) is 68.6 Å². The predicted octanol–water partition coefficient (Wildman–Crippen LogP) is 4.66. The van der Waals surface area contributed by atoms with Crippen LogP contribution in [0.2, 0.25) is 0 Å². The fourth-order valence-corrected chi connectivity index (χ4v) is 7.10. The lowest BCUT2D eigenvalue weighted by Crippen LogP contribution is -2.44. The lowest BCUT2D eigenvalue weighted by Gasteiger charge is -2.35. The van der Waals surface area contributed by atoms with Crippen LogP contribution < -0.4 is 0 Å². The van der Waals surface area contributed by atoms with Crippen LogP contribution in [0.5, 0.6) is 0 Å². The van der Waals surface area contributed by atoms with Crippen molar-refractivity contribution in [2.24, 2.45) is 0 Å². The second-order valence-electron chi connectivity index (χ2n) is 8.35. The molecule has 1 amide bonds. The first-order valence-corrected chi connectivity index (χ1v) is 13.1. The van der Waals surface area contributed by atoms with Crippen molar-refractivity contribution in [2.75, 3.05) is 12.3 Å². The summed E-state index contributed by atoms with van der Waals surface area (Å²) in [6.45, 7) is 5.20. The number of aromatic nitrogens is 4. The molecule has 3 aromatic rings. The van der Waals surface area contributed by atoms with E-state index in [0.29, 0.717) is 11.8 Å². The predicted molar refractivity (Wildman–Crippen MR) is 123 cm³/mol. The standard InChI is InChI=1S/C22H29N5OS2/c1-3-14-9-7-8-12-26(14)18(28)13-29-22-25-24-20-19-15-10-5-6-11-16(15)30-21(19)23-17(4-2)27(20)22/h14H,3-13H2,1-2H3/t14-/m1/s1. The minimum absolute atomic E-state index is 0.225. The number of amides is 1. The first-order valence-electron chi connectivity index (χ1n) is 11.3. The molecule has 1 aliphatic carbocycles. The van der Waals surface area contributed by atoms with Crippen molar-refractivity contribution < 1.29 is 4.79 Å². The van der Waals surface area contributed by atoms with E-state index in [1.165, 1.54) is 46.9 Å². The lowest BCUT2D eigenvalue weighted by molar-refractivity contribution is -0.132. The maximum atomic E-state index is 12.9. The van der Waals surface area contributed by atoms with Crippen LogP contribution in [0.25, 0.3) is 15.9 Å². The average Bonchev–Trinajstić information content (AvgIpc) is 3.37. The largest absolute Gasteiger partial charge is 0.339 e. The maximum absolute atomic E-state index is 12.9. The van der Waals surface area contributed by atoms with E-state index >= 15 is 0 Å². The molecule has 3 aromatic heterocycles. The van der Waals surface area contributed by atoms with Crippen molar-refractivity contribution >= 4 is 44.9 Å². The van der Waals surface area contributed by atoms with Crippen molar-refractivity contribution in [1.29, 1.82) is 0 Å². The highest BCUT2D eigenvalue weighted by Crippen LogP contribution is 2.38. The van der Waals surface area contributed by atoms with Gasteiger partial charge in [-0.1, -0.05) is 25.6 Å². The smallest absolute Gasteiger partial charge is 0.233 e. The lowest BCUT2D eigenvalue weighted by atomic mass is 9.97. The second-order valence-corrected chi connectivity index (χ2v) is 10.4. The Labute approximate surface area is 185 Å². The third-order valence-corrected chi connectivity index (χ3v) is 8.66. The minimum atomic E-state index is 0.225. The molecule has 6 nitrogen and oxygen atoms in total. The molecule has 8 heteroatoms. The molecule has 0 aromatic carbocycles. The number of aryl methyl sites for hydroxylation is 3. The Morgan fingerprint density at radius 1 is 1.17 bits per heavy atom. The molecule has 0 unspecified atom stereocenters. The van der Waals surface area contributed by atoms with E-state index in [9.17, 15) is 4.79 Å². The number of nitrogens with zero attached hydrogens (tertiary/aromatic N) is 5. The van der Waals surface area contributed by atoms with Gasteiger partial charge in [0.25, 0.3) is 0 Å². The highest BCUT2D eigenvalue weighted by atomic mass is 32.2. The van der Waals surface area contributed by atoms with Crippen LogP contribution in [0.3, 0.4) is 0 Å². The zero-order chi connectivity index (χ0) is 20.7. The summed E-state index contributed by atoms with van der Waals surface area (Å²) in [6.07, 6.45) is 10.1. The van der Waals surface area contributed by atoms with Crippen LogP contribution in [-0.2, 0) is 24.1 Å². The van der Waals surface area contributed by atoms with E-state index in [0.717, 1.165) is 66.5 Å². The minimum Gasteiger partial charge on any atom is -0.339 e. The van der Waals surface area contributed by atoms with Gasteiger partial charge in [0.2, 0.25) is 5.91 Å². The van der Waals surface area contributed by atoms with Gasteiger partial charge in [-0.25, -0.2) is 4.98 Å². The number of carbonyl (C=O) groups excluding carboxylic acids is 1. The summed E-state index contributed by atoms with van der Waals surface area (Å²) in [6, 6.07) is 0.395. The van der Waals surface area contributed by atoms with Gasteiger partial charge in [-0.2, -0.15) is 0 Å². The van der Waals surface area contributed by atoms with E-state index in [-0.39, 0.29) is 5.91 Å². The Hall–Kier alpha value is -1.67. The van der Waals surface area contributed by atoms with Gasteiger partial charge in [0.15, 0.2) is 10.8 Å². The molecule has 0 saturated carbocycles. The SMILES string of the molecule is CCc1nc2sc3c(c2c2nnc(SCC(=O)N4CCCC[C@H]4CC)n12)CCCC3. The molecule has 1 atom stereocenters.